The first-order chi connectivity index (χ1) is 52.7. The maximum absolute atomic E-state index is 5.43. The summed E-state index contributed by atoms with van der Waals surface area (Å²) in [6.45, 7) is 44.1. The normalized spacial score (nSPS) is 10.6. The summed E-state index contributed by atoms with van der Waals surface area (Å²) in [4.78, 5) is 0. The number of benzene rings is 13. The van der Waals surface area contributed by atoms with Gasteiger partial charge in [0, 0.05) is 30.6 Å². The van der Waals surface area contributed by atoms with Crippen molar-refractivity contribution in [1.82, 2.24) is 19.6 Å². The number of nitrogens with one attached hydrogen (secondary N) is 1. The Morgan fingerprint density at radius 1 is 0.279 bits per heavy atom. The average molecular weight is 1610 g/mol. The zero-order chi connectivity index (χ0) is 78.3. The molecule has 0 spiro atoms. The van der Waals surface area contributed by atoms with Crippen molar-refractivity contribution < 1.29 is 52.4 Å². The molecule has 0 bridgehead atoms. The minimum Gasteiger partial charge on any atom is -0.673 e. The second-order valence-corrected chi connectivity index (χ2v) is 27.6. The number of aryl methyl sites for hydroxylation is 2. The number of fused-ring (bicyclic) bond motifs is 2. The molecule has 0 saturated carbocycles. The van der Waals surface area contributed by atoms with Crippen molar-refractivity contribution in [3.05, 3.63) is 495 Å². The Morgan fingerprint density at radius 2 is 0.514 bits per heavy atom. The van der Waals surface area contributed by atoms with E-state index in [-0.39, 0.29) is 64.5 Å². The molecular weight excluding hydrogens is 1500 g/mol. The second-order valence-electron chi connectivity index (χ2n) is 27.6. The third-order valence-electron chi connectivity index (χ3n) is 17.5. The smallest absolute Gasteiger partial charge is 0.673 e. The molecule has 0 aliphatic carbocycles. The van der Waals surface area contributed by atoms with E-state index in [0.29, 0.717) is 23.7 Å². The molecule has 111 heavy (non-hydrogen) atoms. The van der Waals surface area contributed by atoms with Crippen molar-refractivity contribution in [3.63, 3.8) is 0 Å². The summed E-state index contributed by atoms with van der Waals surface area (Å²) in [5, 5.41) is 21.6. The number of nitrogens with zero attached hydrogens (tertiary/aromatic N) is 5. The first kappa shape index (κ1) is 90.9. The molecule has 2 atom stereocenters. The van der Waals surface area contributed by atoms with Crippen LogP contribution in [0.2, 0.25) is 0 Å². The number of para-hydroxylation sites is 4. The molecule has 8 heteroatoms. The van der Waals surface area contributed by atoms with E-state index < -0.39 is 0 Å². The van der Waals surface area contributed by atoms with Crippen molar-refractivity contribution in [2.24, 2.45) is 14.1 Å². The van der Waals surface area contributed by atoms with Crippen LogP contribution in [0, 0.1) is 48.5 Å². The first-order valence-electron chi connectivity index (χ1n) is 37.5. The molecule has 15 rings (SSSR count). The molecular formula is C103H110N6Zr2-. The van der Waals surface area contributed by atoms with Gasteiger partial charge in [0.1, 0.15) is 0 Å². The number of aromatic nitrogens is 4. The van der Waals surface area contributed by atoms with E-state index >= 15 is 0 Å². The Balaban J connectivity index is 0.000000246. The summed E-state index contributed by atoms with van der Waals surface area (Å²) >= 11 is 0. The van der Waals surface area contributed by atoms with Gasteiger partial charge in [-0.25, -0.2) is 0 Å². The molecule has 561 valence electrons. The van der Waals surface area contributed by atoms with Crippen molar-refractivity contribution in [2.45, 2.75) is 91.1 Å². The summed E-state index contributed by atoms with van der Waals surface area (Å²) in [5.41, 5.74) is 21.9. The van der Waals surface area contributed by atoms with Gasteiger partial charge in [0.05, 0.1) is 28.5 Å². The van der Waals surface area contributed by atoms with Gasteiger partial charge < -0.3 is 10.6 Å². The molecule has 0 aliphatic rings. The Labute approximate surface area is 705 Å². The van der Waals surface area contributed by atoms with Crippen LogP contribution in [0.25, 0.3) is 27.1 Å². The molecule has 1 N–H and O–H groups in total. The Hall–Kier alpha value is -10.7. The predicted molar refractivity (Wildman–Crippen MR) is 470 cm³/mol. The molecule has 0 aliphatic heterocycles. The summed E-state index contributed by atoms with van der Waals surface area (Å²) in [7, 11) is 4.03. The van der Waals surface area contributed by atoms with E-state index in [0.717, 1.165) is 78.0 Å². The van der Waals surface area contributed by atoms with Gasteiger partial charge in [-0.05, 0) is 58.5 Å². The van der Waals surface area contributed by atoms with Crippen LogP contribution in [0.15, 0.2) is 358 Å². The zero-order valence-corrected chi connectivity index (χ0v) is 71.6. The molecule has 2 unspecified atom stereocenters. The molecule has 6 nitrogen and oxygen atoms in total. The molecule has 2 aromatic heterocycles. The van der Waals surface area contributed by atoms with Crippen LogP contribution >= 0.6 is 0 Å². The van der Waals surface area contributed by atoms with E-state index in [2.05, 4.69) is 255 Å². The first-order valence-corrected chi connectivity index (χ1v) is 37.5. The van der Waals surface area contributed by atoms with Crippen molar-refractivity contribution >= 4 is 33.2 Å². The van der Waals surface area contributed by atoms with Gasteiger partial charge in [0.25, 0.3) is 0 Å². The second kappa shape index (κ2) is 49.4. The van der Waals surface area contributed by atoms with Crippen molar-refractivity contribution in [1.29, 1.82) is 0 Å². The van der Waals surface area contributed by atoms with Crippen molar-refractivity contribution in [3.8, 4) is 0 Å². The zero-order valence-electron chi connectivity index (χ0n) is 66.7. The Kier molecular flexibility index (Phi) is 40.5. The van der Waals surface area contributed by atoms with Crippen LogP contribution in [0.5, 0.6) is 0 Å². The molecule has 0 saturated heterocycles. The number of hydrogen-bond acceptors (Lipinski definition) is 3. The number of rotatable bonds is 12. The van der Waals surface area contributed by atoms with Gasteiger partial charge in [-0.2, -0.15) is 183 Å². The fourth-order valence-corrected chi connectivity index (χ4v) is 11.8. The molecule has 15 aromatic rings. The molecule has 0 fully saturated rings. The summed E-state index contributed by atoms with van der Waals surface area (Å²) < 4.78 is 3.95. The topological polar surface area (TPSA) is 61.8 Å². The Morgan fingerprint density at radius 3 is 0.784 bits per heavy atom. The minimum absolute atomic E-state index is 0. The SMILES string of the molecule is CC(C)c1cccc(C(C)C)c1NC(c1ccccc1)c1nn(C)c2ccccc12.CC(C)c1cccc(C(C)C)c1[N-]C(c1ccccc1)c1nn(C)c2ccccc12.[CH2-]c1ccccc1.[CH2-]c1ccccc1.[CH2-]c1ccccc1.[CH2-]c1ccccc1.[CH2-]c1ccccc1.[CH2-]c1ccccc1.[CH2-]c1ccccc1.[Zr+3].[Zr+4]. The van der Waals surface area contributed by atoms with Gasteiger partial charge in [0.15, 0.2) is 0 Å². The van der Waals surface area contributed by atoms with Crippen molar-refractivity contribution in [2.75, 3.05) is 5.32 Å². The van der Waals surface area contributed by atoms with Gasteiger partial charge in [-0.15, -0.1) is 90.6 Å². The van der Waals surface area contributed by atoms with Crippen LogP contribution in [0.4, 0.5) is 11.4 Å². The van der Waals surface area contributed by atoms with Gasteiger partial charge in [0.2, 0.25) is 0 Å². The maximum atomic E-state index is 5.43. The average Bonchev–Trinajstić information content (AvgIpc) is 1.65. The molecule has 0 amide bonds. The van der Waals surface area contributed by atoms with E-state index in [1.54, 1.807) is 0 Å². The van der Waals surface area contributed by atoms with Crippen LogP contribution in [0.3, 0.4) is 0 Å². The van der Waals surface area contributed by atoms with Gasteiger partial charge in [-0.1, -0.05) is 248 Å². The standard InChI is InChI=1S/C27H31N3.C27H30N3.7C7H7.2Zr/c2*1-18(2)21-15-11-16-22(19(3)4)26(21)28-25(20-12-7-6-8-13-20)27-23-14-9-10-17-24(23)30(5)29-27;7*1-7-5-3-2-4-6-7;;/h6-19,25,28H,1-5H3;6-19,25H,1-5H3;7*2-6H,1H2;;/q;8*-1;+3;+4. The fourth-order valence-electron chi connectivity index (χ4n) is 11.8. The molecule has 13 aromatic carbocycles. The van der Waals surface area contributed by atoms with Crippen LogP contribution < -0.4 is 5.32 Å². The minimum atomic E-state index is -0.158. The van der Waals surface area contributed by atoms with E-state index in [1.165, 1.54) is 38.9 Å². The van der Waals surface area contributed by atoms with Crippen LogP contribution in [-0.4, -0.2) is 19.6 Å². The number of anilines is 1. The number of hydrogen-bond donors (Lipinski definition) is 1. The largest absolute Gasteiger partial charge is 4.00 e. The predicted octanol–water partition coefficient (Wildman–Crippen LogP) is 27.7. The van der Waals surface area contributed by atoms with Crippen LogP contribution in [-0.2, 0) is 66.5 Å². The Bertz CT molecular complexity index is 4330. The summed E-state index contributed by atoms with van der Waals surface area (Å²) in [6, 6.07) is 120. The fraction of sp³-hybridized carbons (Fsp3) is 0.155. The maximum Gasteiger partial charge on any atom is 4.00 e. The third-order valence-corrected chi connectivity index (χ3v) is 17.5. The molecule has 1 radical (unpaired) electrons. The van der Waals surface area contributed by atoms with E-state index in [1.807, 2.05) is 236 Å². The van der Waals surface area contributed by atoms with E-state index in [9.17, 15) is 0 Å². The summed E-state index contributed by atoms with van der Waals surface area (Å²) in [5.74, 6) is 1.67. The molecule has 2 heterocycles. The van der Waals surface area contributed by atoms with Crippen LogP contribution in [0.1, 0.15) is 175 Å². The quantitative estimate of drug-likeness (QED) is 0.124. The van der Waals surface area contributed by atoms with E-state index in [4.69, 9.17) is 15.5 Å². The van der Waals surface area contributed by atoms with Gasteiger partial charge >= 0.3 is 52.4 Å². The monoisotopic (exact) mass is 1610 g/mol. The van der Waals surface area contributed by atoms with Gasteiger partial charge in [-0.3, -0.25) is 9.36 Å². The summed E-state index contributed by atoms with van der Waals surface area (Å²) in [6.07, 6.45) is 0. The third kappa shape index (κ3) is 30.6.